The summed E-state index contributed by atoms with van der Waals surface area (Å²) in [7, 11) is 0. The molecule has 0 atom stereocenters. The van der Waals surface area contributed by atoms with Gasteiger partial charge in [-0.25, -0.2) is 4.79 Å². The fraction of sp³-hybridized carbons (Fsp3) is 0.100. The maximum Gasteiger partial charge on any atom is 0.336 e. The van der Waals surface area contributed by atoms with Crippen molar-refractivity contribution in [1.82, 2.24) is 0 Å². The summed E-state index contributed by atoms with van der Waals surface area (Å²) in [5.74, 6) is -1.70. The van der Waals surface area contributed by atoms with E-state index in [1.165, 1.54) is 23.1 Å². The number of ether oxygens (including phenoxy) is 1. The Kier molecular flexibility index (Phi) is 7.11. The molecule has 4 aromatic rings. The molecule has 0 saturated heterocycles. The van der Waals surface area contributed by atoms with Crippen molar-refractivity contribution < 1.29 is 24.2 Å². The molecule has 4 aromatic carbocycles. The summed E-state index contributed by atoms with van der Waals surface area (Å²) in [6.45, 7) is 0.750. The van der Waals surface area contributed by atoms with Crippen molar-refractivity contribution in [1.29, 1.82) is 0 Å². The van der Waals surface area contributed by atoms with E-state index in [0.29, 0.717) is 41.6 Å². The van der Waals surface area contributed by atoms with Crippen LogP contribution in [0.25, 0.3) is 11.1 Å². The molecule has 190 valence electrons. The molecule has 0 bridgehead atoms. The normalized spacial score (nSPS) is 12.6. The van der Waals surface area contributed by atoms with Crippen molar-refractivity contribution in [2.75, 3.05) is 23.4 Å². The van der Waals surface area contributed by atoms with Crippen LogP contribution in [-0.2, 0) is 0 Å². The zero-order valence-corrected chi connectivity index (χ0v) is 20.9. The number of nitrogens with one attached hydrogen (secondary N) is 1. The number of nitrogens with zero attached hydrogens (tertiary/aromatic N) is 1. The minimum absolute atomic E-state index is 0.00276. The Hall–Kier alpha value is -4.62. The van der Waals surface area contributed by atoms with Crippen molar-refractivity contribution in [3.8, 4) is 16.9 Å². The van der Waals surface area contributed by atoms with E-state index in [-0.39, 0.29) is 16.8 Å². The van der Waals surface area contributed by atoms with Crippen molar-refractivity contribution in [2.24, 2.45) is 0 Å². The second-order valence-electron chi connectivity index (χ2n) is 8.70. The van der Waals surface area contributed by atoms with Gasteiger partial charge in [-0.2, -0.15) is 0 Å². The smallest absolute Gasteiger partial charge is 0.336 e. The number of fused-ring (bicyclic) bond motifs is 1. The number of anilines is 2. The molecular formula is C30H23ClN2O5. The number of carboxylic acid groups (broad SMARTS) is 1. The molecule has 1 aliphatic heterocycles. The number of hydrogen-bond acceptors (Lipinski definition) is 4. The van der Waals surface area contributed by atoms with Crippen LogP contribution in [0.4, 0.5) is 11.4 Å². The number of carboxylic acids is 1. The Labute approximate surface area is 224 Å². The van der Waals surface area contributed by atoms with E-state index in [2.05, 4.69) is 5.32 Å². The van der Waals surface area contributed by atoms with E-state index in [4.69, 9.17) is 16.3 Å². The van der Waals surface area contributed by atoms with Crippen molar-refractivity contribution in [2.45, 2.75) is 6.42 Å². The van der Waals surface area contributed by atoms with Gasteiger partial charge in [-0.3, -0.25) is 9.59 Å². The molecule has 2 N–H and O–H groups in total. The topological polar surface area (TPSA) is 95.9 Å². The van der Waals surface area contributed by atoms with Gasteiger partial charge in [-0.05, 0) is 53.9 Å². The quantitative estimate of drug-likeness (QED) is 0.314. The highest BCUT2D eigenvalue weighted by Gasteiger charge is 2.27. The van der Waals surface area contributed by atoms with Crippen molar-refractivity contribution in [3.05, 3.63) is 113 Å². The summed E-state index contributed by atoms with van der Waals surface area (Å²) < 4.78 is 5.73. The molecule has 0 spiro atoms. The van der Waals surface area contributed by atoms with Crippen LogP contribution in [-0.4, -0.2) is 36.0 Å². The Balaban J connectivity index is 1.45. The summed E-state index contributed by atoms with van der Waals surface area (Å²) in [5.41, 5.74) is 2.64. The standard InChI is InChI=1S/C30H23ClN2O5/c31-20-11-14-26-27(17-20)38-16-6-15-33(26)29(35)24-13-12-21(18-25(24)30(36)37)32-28(34)23-10-5-4-9-22(23)19-7-2-1-3-8-19/h1-5,7-14,17-18H,6,15-16H2,(H,32,34)(H,36,37). The van der Waals surface area contributed by atoms with Gasteiger partial charge in [-0.15, -0.1) is 0 Å². The van der Waals surface area contributed by atoms with Gasteiger partial charge in [0.05, 0.1) is 23.4 Å². The van der Waals surface area contributed by atoms with E-state index in [1.54, 1.807) is 30.3 Å². The number of carbonyl (C=O) groups is 3. The maximum atomic E-state index is 13.6. The molecule has 0 aromatic heterocycles. The van der Waals surface area contributed by atoms with Crippen LogP contribution in [0.15, 0.2) is 91.0 Å². The molecule has 0 saturated carbocycles. The first-order chi connectivity index (χ1) is 18.4. The van der Waals surface area contributed by atoms with E-state index in [1.807, 2.05) is 42.5 Å². The highest BCUT2D eigenvalue weighted by Crippen LogP contribution is 2.35. The van der Waals surface area contributed by atoms with Gasteiger partial charge < -0.3 is 20.1 Å². The van der Waals surface area contributed by atoms with Crippen LogP contribution < -0.4 is 15.0 Å². The van der Waals surface area contributed by atoms with Gasteiger partial charge in [0.1, 0.15) is 5.75 Å². The molecule has 8 heteroatoms. The third kappa shape index (κ3) is 5.10. The van der Waals surface area contributed by atoms with Crippen LogP contribution in [0, 0.1) is 0 Å². The van der Waals surface area contributed by atoms with Crippen molar-refractivity contribution in [3.63, 3.8) is 0 Å². The van der Waals surface area contributed by atoms with Gasteiger partial charge in [0, 0.05) is 28.9 Å². The average Bonchev–Trinajstić information content (AvgIpc) is 3.15. The fourth-order valence-electron chi connectivity index (χ4n) is 4.44. The summed E-state index contributed by atoms with van der Waals surface area (Å²) in [6, 6.07) is 25.9. The van der Waals surface area contributed by atoms with E-state index < -0.39 is 17.8 Å². The van der Waals surface area contributed by atoms with Gasteiger partial charge in [-0.1, -0.05) is 60.1 Å². The molecule has 0 aliphatic carbocycles. The Morgan fingerprint density at radius 2 is 1.61 bits per heavy atom. The highest BCUT2D eigenvalue weighted by molar-refractivity contribution is 6.31. The molecule has 0 radical (unpaired) electrons. The largest absolute Gasteiger partial charge is 0.491 e. The zero-order chi connectivity index (χ0) is 26.6. The number of halogens is 1. The number of carbonyl (C=O) groups excluding carboxylic acids is 2. The van der Waals surface area contributed by atoms with Gasteiger partial charge >= 0.3 is 5.97 Å². The van der Waals surface area contributed by atoms with Gasteiger partial charge in [0.2, 0.25) is 0 Å². The lowest BCUT2D eigenvalue weighted by Crippen LogP contribution is -2.32. The van der Waals surface area contributed by atoms with Crippen LogP contribution in [0.2, 0.25) is 5.02 Å². The lowest BCUT2D eigenvalue weighted by atomic mass is 9.99. The minimum Gasteiger partial charge on any atom is -0.491 e. The molecule has 5 rings (SSSR count). The third-order valence-corrected chi connectivity index (χ3v) is 6.47. The molecule has 0 unspecified atom stereocenters. The summed E-state index contributed by atoms with van der Waals surface area (Å²) in [4.78, 5) is 40.5. The van der Waals surface area contributed by atoms with Crippen molar-refractivity contribution >= 4 is 40.8 Å². The van der Waals surface area contributed by atoms with Gasteiger partial charge in [0.25, 0.3) is 11.8 Å². The third-order valence-electron chi connectivity index (χ3n) is 6.24. The SMILES string of the molecule is O=C(O)c1cc(NC(=O)c2ccccc2-c2ccccc2)ccc1C(=O)N1CCCOc2cc(Cl)ccc21. The summed E-state index contributed by atoms with van der Waals surface area (Å²) in [6.07, 6.45) is 0.565. The average molecular weight is 527 g/mol. The Morgan fingerprint density at radius 3 is 2.39 bits per heavy atom. The predicted molar refractivity (Wildman–Crippen MR) is 146 cm³/mol. The second-order valence-corrected chi connectivity index (χ2v) is 9.14. The summed E-state index contributed by atoms with van der Waals surface area (Å²) >= 11 is 6.09. The van der Waals surface area contributed by atoms with Crippen LogP contribution in [0.3, 0.4) is 0 Å². The van der Waals surface area contributed by atoms with Crippen LogP contribution >= 0.6 is 11.6 Å². The summed E-state index contributed by atoms with van der Waals surface area (Å²) in [5, 5.41) is 13.2. The number of amides is 2. The van der Waals surface area contributed by atoms with E-state index >= 15 is 0 Å². The van der Waals surface area contributed by atoms with E-state index in [0.717, 1.165) is 11.1 Å². The number of hydrogen-bond donors (Lipinski definition) is 2. The first-order valence-electron chi connectivity index (χ1n) is 12.0. The van der Waals surface area contributed by atoms with Crippen LogP contribution in [0.5, 0.6) is 5.75 Å². The lowest BCUT2D eigenvalue weighted by molar-refractivity contribution is 0.0691. The Morgan fingerprint density at radius 1 is 0.842 bits per heavy atom. The number of benzene rings is 4. The highest BCUT2D eigenvalue weighted by atomic mass is 35.5. The first kappa shape index (κ1) is 25.0. The zero-order valence-electron chi connectivity index (χ0n) is 20.2. The molecule has 0 fully saturated rings. The molecule has 1 heterocycles. The molecule has 38 heavy (non-hydrogen) atoms. The first-order valence-corrected chi connectivity index (χ1v) is 12.4. The van der Waals surface area contributed by atoms with E-state index in [9.17, 15) is 19.5 Å². The van der Waals surface area contributed by atoms with Crippen LogP contribution in [0.1, 0.15) is 37.5 Å². The van der Waals surface area contributed by atoms with Gasteiger partial charge in [0.15, 0.2) is 0 Å². The number of rotatable bonds is 5. The molecule has 7 nitrogen and oxygen atoms in total. The fourth-order valence-corrected chi connectivity index (χ4v) is 4.60. The monoisotopic (exact) mass is 526 g/mol. The molecule has 2 amide bonds. The Bertz CT molecular complexity index is 1540. The lowest BCUT2D eigenvalue weighted by Gasteiger charge is -2.23. The minimum atomic E-state index is -1.28. The number of aromatic carboxylic acids is 1. The molecule has 1 aliphatic rings. The second kappa shape index (κ2) is 10.8. The predicted octanol–water partition coefficient (Wildman–Crippen LogP) is 6.39. The maximum absolute atomic E-state index is 13.6. The molecular weight excluding hydrogens is 504 g/mol.